The Hall–Kier alpha value is -2.36. The molecule has 2 aromatic rings. The molecule has 2 rings (SSSR count). The van der Waals surface area contributed by atoms with Crippen molar-refractivity contribution in [2.75, 3.05) is 11.1 Å². The van der Waals surface area contributed by atoms with Crippen molar-refractivity contribution < 1.29 is 4.79 Å². The van der Waals surface area contributed by atoms with Crippen LogP contribution in [-0.4, -0.2) is 10.9 Å². The van der Waals surface area contributed by atoms with Crippen LogP contribution in [-0.2, 0) is 0 Å². The summed E-state index contributed by atoms with van der Waals surface area (Å²) in [5, 5.41) is 2.86. The normalized spacial score (nSPS) is 10.6. The molecule has 104 valence electrons. The molecule has 3 N–H and O–H groups in total. The van der Waals surface area contributed by atoms with Gasteiger partial charge in [-0.05, 0) is 36.6 Å². The summed E-state index contributed by atoms with van der Waals surface area (Å²) in [6, 6.07) is 9.49. The molecular formula is C16H19N3O. The minimum Gasteiger partial charge on any atom is -0.397 e. The first-order valence-electron chi connectivity index (χ1n) is 6.61. The van der Waals surface area contributed by atoms with Crippen LogP contribution in [0.3, 0.4) is 0 Å². The lowest BCUT2D eigenvalue weighted by atomic mass is 10.0. The van der Waals surface area contributed by atoms with E-state index < -0.39 is 0 Å². The van der Waals surface area contributed by atoms with Gasteiger partial charge < -0.3 is 11.1 Å². The van der Waals surface area contributed by atoms with Crippen molar-refractivity contribution >= 4 is 17.3 Å². The number of hydrogen-bond donors (Lipinski definition) is 2. The molecule has 0 saturated carbocycles. The van der Waals surface area contributed by atoms with Gasteiger partial charge in [-0.25, -0.2) is 0 Å². The van der Waals surface area contributed by atoms with Crippen molar-refractivity contribution in [3.8, 4) is 0 Å². The Morgan fingerprint density at radius 2 is 1.90 bits per heavy atom. The monoisotopic (exact) mass is 269 g/mol. The highest BCUT2D eigenvalue weighted by Gasteiger charge is 2.11. The van der Waals surface area contributed by atoms with Gasteiger partial charge in [0.2, 0.25) is 0 Å². The summed E-state index contributed by atoms with van der Waals surface area (Å²) in [7, 11) is 0. The van der Waals surface area contributed by atoms with Crippen LogP contribution >= 0.6 is 0 Å². The highest BCUT2D eigenvalue weighted by atomic mass is 16.1. The maximum Gasteiger partial charge on any atom is 0.257 e. The summed E-state index contributed by atoms with van der Waals surface area (Å²) in [6.45, 7) is 6.06. The number of anilines is 2. The highest BCUT2D eigenvalue weighted by molar-refractivity contribution is 6.05. The Kier molecular flexibility index (Phi) is 4.03. The average Bonchev–Trinajstić information content (AvgIpc) is 2.42. The number of nitrogens with two attached hydrogens (primary N) is 1. The fourth-order valence-corrected chi connectivity index (χ4v) is 1.93. The fraction of sp³-hybridized carbons (Fsp3) is 0.250. The van der Waals surface area contributed by atoms with E-state index in [4.69, 9.17) is 5.73 Å². The molecule has 0 aliphatic heterocycles. The zero-order valence-corrected chi connectivity index (χ0v) is 12.0. The molecule has 1 aromatic heterocycles. The van der Waals surface area contributed by atoms with Crippen LogP contribution in [0.15, 0.2) is 36.5 Å². The second-order valence-electron chi connectivity index (χ2n) is 5.13. The predicted octanol–water partition coefficient (Wildman–Crippen LogP) is 3.35. The van der Waals surface area contributed by atoms with Gasteiger partial charge in [0.25, 0.3) is 5.91 Å². The molecule has 0 aliphatic rings. The summed E-state index contributed by atoms with van der Waals surface area (Å²) in [4.78, 5) is 16.3. The maximum absolute atomic E-state index is 12.2. The summed E-state index contributed by atoms with van der Waals surface area (Å²) in [5.41, 5.74) is 9.32. The van der Waals surface area contributed by atoms with E-state index in [1.165, 1.54) is 5.56 Å². The SMILES string of the molecule is Cc1ncc(N)cc1C(=O)Nc1ccc(C(C)C)cc1. The van der Waals surface area contributed by atoms with E-state index in [0.29, 0.717) is 22.9 Å². The first kappa shape index (κ1) is 14.1. The van der Waals surface area contributed by atoms with Crippen molar-refractivity contribution in [2.45, 2.75) is 26.7 Å². The Morgan fingerprint density at radius 1 is 1.25 bits per heavy atom. The first-order valence-corrected chi connectivity index (χ1v) is 6.61. The first-order chi connectivity index (χ1) is 9.47. The molecule has 4 nitrogen and oxygen atoms in total. The smallest absolute Gasteiger partial charge is 0.257 e. The number of aryl methyl sites for hydroxylation is 1. The lowest BCUT2D eigenvalue weighted by Crippen LogP contribution is -2.14. The van der Waals surface area contributed by atoms with Crippen LogP contribution in [0.2, 0.25) is 0 Å². The molecule has 1 aromatic carbocycles. The zero-order chi connectivity index (χ0) is 14.7. The van der Waals surface area contributed by atoms with E-state index in [-0.39, 0.29) is 5.91 Å². The molecule has 1 amide bonds. The number of hydrogen-bond acceptors (Lipinski definition) is 3. The summed E-state index contributed by atoms with van der Waals surface area (Å²) in [6.07, 6.45) is 1.55. The van der Waals surface area contributed by atoms with Crippen LogP contribution in [0.1, 0.15) is 41.4 Å². The maximum atomic E-state index is 12.2. The minimum atomic E-state index is -0.195. The average molecular weight is 269 g/mol. The van der Waals surface area contributed by atoms with E-state index in [1.54, 1.807) is 19.2 Å². The third-order valence-corrected chi connectivity index (χ3v) is 3.19. The van der Waals surface area contributed by atoms with Gasteiger partial charge in [0.05, 0.1) is 23.1 Å². The standard InChI is InChI=1S/C16H19N3O/c1-10(2)12-4-6-14(7-5-12)19-16(20)15-8-13(17)9-18-11(15)3/h4-10H,17H2,1-3H3,(H,19,20). The minimum absolute atomic E-state index is 0.195. The summed E-state index contributed by atoms with van der Waals surface area (Å²) >= 11 is 0. The second-order valence-corrected chi connectivity index (χ2v) is 5.13. The van der Waals surface area contributed by atoms with E-state index in [0.717, 1.165) is 5.69 Å². The van der Waals surface area contributed by atoms with Crippen LogP contribution < -0.4 is 11.1 Å². The summed E-state index contributed by atoms with van der Waals surface area (Å²) < 4.78 is 0. The van der Waals surface area contributed by atoms with Crippen molar-refractivity contribution in [3.05, 3.63) is 53.3 Å². The molecule has 4 heteroatoms. The number of carbonyl (C=O) groups is 1. The Morgan fingerprint density at radius 3 is 2.50 bits per heavy atom. The second kappa shape index (κ2) is 5.74. The number of pyridine rings is 1. The van der Waals surface area contributed by atoms with E-state index >= 15 is 0 Å². The lowest BCUT2D eigenvalue weighted by molar-refractivity contribution is 0.102. The quantitative estimate of drug-likeness (QED) is 0.897. The largest absolute Gasteiger partial charge is 0.397 e. The van der Waals surface area contributed by atoms with Gasteiger partial charge in [0.15, 0.2) is 0 Å². The van der Waals surface area contributed by atoms with Gasteiger partial charge >= 0.3 is 0 Å². The number of benzene rings is 1. The van der Waals surface area contributed by atoms with Gasteiger partial charge in [0, 0.05) is 5.69 Å². The van der Waals surface area contributed by atoms with E-state index in [9.17, 15) is 4.79 Å². The Labute approximate surface area is 119 Å². The highest BCUT2D eigenvalue weighted by Crippen LogP contribution is 2.18. The molecule has 0 saturated heterocycles. The van der Waals surface area contributed by atoms with Crippen LogP contribution in [0.5, 0.6) is 0 Å². The third kappa shape index (κ3) is 3.15. The molecule has 0 fully saturated rings. The topological polar surface area (TPSA) is 68.0 Å². The fourth-order valence-electron chi connectivity index (χ4n) is 1.93. The van der Waals surface area contributed by atoms with Gasteiger partial charge in [-0.3, -0.25) is 9.78 Å². The van der Waals surface area contributed by atoms with E-state index in [1.807, 2.05) is 24.3 Å². The molecule has 0 atom stereocenters. The van der Waals surface area contributed by atoms with Gasteiger partial charge in [-0.2, -0.15) is 0 Å². The Balaban J connectivity index is 2.17. The molecule has 0 aliphatic carbocycles. The molecule has 0 spiro atoms. The summed E-state index contributed by atoms with van der Waals surface area (Å²) in [5.74, 6) is 0.278. The Bertz CT molecular complexity index is 618. The number of nitrogen functional groups attached to an aromatic ring is 1. The third-order valence-electron chi connectivity index (χ3n) is 3.19. The zero-order valence-electron chi connectivity index (χ0n) is 12.0. The number of nitrogens with zero attached hydrogens (tertiary/aromatic N) is 1. The molecule has 0 bridgehead atoms. The number of rotatable bonds is 3. The molecule has 0 unspecified atom stereocenters. The van der Waals surface area contributed by atoms with Crippen LogP contribution in [0, 0.1) is 6.92 Å². The van der Waals surface area contributed by atoms with Crippen molar-refractivity contribution in [1.29, 1.82) is 0 Å². The van der Waals surface area contributed by atoms with Gasteiger partial charge in [-0.1, -0.05) is 26.0 Å². The van der Waals surface area contributed by atoms with Crippen molar-refractivity contribution in [1.82, 2.24) is 4.98 Å². The molecule has 1 heterocycles. The number of amides is 1. The molecule has 20 heavy (non-hydrogen) atoms. The number of carbonyl (C=O) groups excluding carboxylic acids is 1. The molecule has 0 radical (unpaired) electrons. The van der Waals surface area contributed by atoms with Gasteiger partial charge in [-0.15, -0.1) is 0 Å². The van der Waals surface area contributed by atoms with Gasteiger partial charge in [0.1, 0.15) is 0 Å². The van der Waals surface area contributed by atoms with E-state index in [2.05, 4.69) is 24.1 Å². The number of nitrogens with one attached hydrogen (secondary N) is 1. The van der Waals surface area contributed by atoms with Crippen LogP contribution in [0.4, 0.5) is 11.4 Å². The van der Waals surface area contributed by atoms with Crippen molar-refractivity contribution in [2.24, 2.45) is 0 Å². The van der Waals surface area contributed by atoms with Crippen molar-refractivity contribution in [3.63, 3.8) is 0 Å². The predicted molar refractivity (Wildman–Crippen MR) is 81.9 cm³/mol. The molecular weight excluding hydrogens is 250 g/mol. The number of aromatic nitrogens is 1. The van der Waals surface area contributed by atoms with Crippen LogP contribution in [0.25, 0.3) is 0 Å². The lowest BCUT2D eigenvalue weighted by Gasteiger charge is -2.10.